The quantitative estimate of drug-likeness (QED) is 0.551. The molecule has 0 amide bonds. The highest BCUT2D eigenvalue weighted by Gasteiger charge is 2.47. The third-order valence-electron chi connectivity index (χ3n) is 6.49. The van der Waals surface area contributed by atoms with E-state index in [0.717, 1.165) is 11.1 Å². The number of nitrogens with zero attached hydrogens (tertiary/aromatic N) is 1. The van der Waals surface area contributed by atoms with Crippen LogP contribution in [0.25, 0.3) is 0 Å². The molecule has 0 aliphatic carbocycles. The molecule has 2 aliphatic rings. The molecule has 3 atom stereocenters. The van der Waals surface area contributed by atoms with Gasteiger partial charge in [0.1, 0.15) is 5.75 Å². The monoisotopic (exact) mass is 490 g/mol. The minimum absolute atomic E-state index is 0.141. The Labute approximate surface area is 199 Å². The van der Waals surface area contributed by atoms with Gasteiger partial charge in [0.05, 0.1) is 18.3 Å². The van der Waals surface area contributed by atoms with E-state index in [-0.39, 0.29) is 19.3 Å². The number of rotatable bonds is 9. The van der Waals surface area contributed by atoms with Crippen LogP contribution < -0.4 is 18.9 Å². The smallest absolute Gasteiger partial charge is 0.309 e. The second-order valence-corrected chi connectivity index (χ2v) is 11.1. The lowest BCUT2D eigenvalue weighted by molar-refractivity contribution is -0.143. The SMILES string of the molecule is COc1ccc([C@@H]2[C@@H](C(=O)O)[C@@H](c3ccc4c(c3)OCO4)CN2CCNS(=O)(=O)C(C)C)cc1. The molecule has 2 N–H and O–H groups in total. The van der Waals surface area contributed by atoms with Crippen molar-refractivity contribution in [2.45, 2.75) is 31.1 Å². The van der Waals surface area contributed by atoms with Gasteiger partial charge in [0.15, 0.2) is 11.5 Å². The zero-order valence-corrected chi connectivity index (χ0v) is 20.2. The number of likely N-dealkylation sites (tertiary alicyclic amines) is 1. The molecule has 34 heavy (non-hydrogen) atoms. The molecule has 1 fully saturated rings. The largest absolute Gasteiger partial charge is 0.497 e. The lowest BCUT2D eigenvalue weighted by Crippen LogP contribution is -2.38. The van der Waals surface area contributed by atoms with E-state index in [1.165, 1.54) is 0 Å². The number of carboxylic acid groups (broad SMARTS) is 1. The maximum absolute atomic E-state index is 12.6. The van der Waals surface area contributed by atoms with Gasteiger partial charge in [-0.25, -0.2) is 13.1 Å². The number of fused-ring (bicyclic) bond motifs is 1. The summed E-state index contributed by atoms with van der Waals surface area (Å²) < 4.78 is 43.3. The van der Waals surface area contributed by atoms with E-state index in [1.807, 2.05) is 41.3 Å². The molecule has 0 bridgehead atoms. The standard InChI is InChI=1S/C24H30N2O7S/c1-15(2)34(29,30)25-10-11-26-13-19(17-6-9-20-21(12-17)33-14-32-20)22(24(27)28)23(26)16-4-7-18(31-3)8-5-16/h4-9,12,15,19,22-23,25H,10-11,13-14H2,1-3H3,(H,27,28)/t19-,22+,23-/m1/s1. The van der Waals surface area contributed by atoms with Crippen LogP contribution in [0.3, 0.4) is 0 Å². The maximum atomic E-state index is 12.6. The van der Waals surface area contributed by atoms with Gasteiger partial charge >= 0.3 is 5.97 Å². The Morgan fingerprint density at radius 1 is 1.15 bits per heavy atom. The molecule has 0 aromatic heterocycles. The molecule has 1 saturated heterocycles. The Kier molecular flexibility index (Phi) is 7.01. The highest BCUT2D eigenvalue weighted by molar-refractivity contribution is 7.90. The third kappa shape index (κ3) is 4.84. The van der Waals surface area contributed by atoms with Crippen molar-refractivity contribution in [2.24, 2.45) is 5.92 Å². The molecule has 2 aliphatic heterocycles. The summed E-state index contributed by atoms with van der Waals surface area (Å²) >= 11 is 0. The number of aliphatic carboxylic acids is 1. The first-order chi connectivity index (χ1) is 16.2. The van der Waals surface area contributed by atoms with E-state index in [1.54, 1.807) is 27.0 Å². The molecule has 2 aromatic carbocycles. The summed E-state index contributed by atoms with van der Waals surface area (Å²) in [5, 5.41) is 9.75. The topological polar surface area (TPSA) is 114 Å². The van der Waals surface area contributed by atoms with E-state index in [4.69, 9.17) is 14.2 Å². The fraction of sp³-hybridized carbons (Fsp3) is 0.458. The van der Waals surface area contributed by atoms with Crippen LogP contribution in [0.4, 0.5) is 0 Å². The molecular formula is C24H30N2O7S. The van der Waals surface area contributed by atoms with Crippen LogP contribution in [0.15, 0.2) is 42.5 Å². The number of carbonyl (C=O) groups is 1. The van der Waals surface area contributed by atoms with Gasteiger partial charge in [0, 0.05) is 31.6 Å². The minimum atomic E-state index is -3.42. The van der Waals surface area contributed by atoms with Gasteiger partial charge in [0.2, 0.25) is 16.8 Å². The van der Waals surface area contributed by atoms with E-state index in [9.17, 15) is 18.3 Å². The van der Waals surface area contributed by atoms with Gasteiger partial charge in [-0.1, -0.05) is 18.2 Å². The number of carboxylic acids is 1. The van der Waals surface area contributed by atoms with Crippen LogP contribution in [-0.4, -0.2) is 63.2 Å². The van der Waals surface area contributed by atoms with Gasteiger partial charge in [-0.2, -0.15) is 0 Å². The predicted octanol–water partition coefficient (Wildman–Crippen LogP) is 2.59. The van der Waals surface area contributed by atoms with Gasteiger partial charge in [-0.05, 0) is 49.2 Å². The summed E-state index contributed by atoms with van der Waals surface area (Å²) in [6.45, 7) is 4.39. The van der Waals surface area contributed by atoms with Crippen molar-refractivity contribution in [3.05, 3.63) is 53.6 Å². The molecule has 10 heteroatoms. The molecule has 2 heterocycles. The molecule has 2 aromatic rings. The van der Waals surface area contributed by atoms with E-state index < -0.39 is 33.2 Å². The fourth-order valence-electron chi connectivity index (χ4n) is 4.64. The summed E-state index contributed by atoms with van der Waals surface area (Å²) in [6.07, 6.45) is 0. The fourth-order valence-corrected chi connectivity index (χ4v) is 5.35. The molecule has 9 nitrogen and oxygen atoms in total. The number of methoxy groups -OCH3 is 1. The first kappa shape index (κ1) is 24.3. The summed E-state index contributed by atoms with van der Waals surface area (Å²) in [7, 11) is -1.85. The molecule has 0 radical (unpaired) electrons. The number of hydrogen-bond donors (Lipinski definition) is 2. The average Bonchev–Trinajstić information content (AvgIpc) is 3.43. The van der Waals surface area contributed by atoms with Crippen LogP contribution in [0.2, 0.25) is 0 Å². The molecule has 184 valence electrons. The van der Waals surface area contributed by atoms with E-state index >= 15 is 0 Å². The number of benzene rings is 2. The summed E-state index contributed by atoms with van der Waals surface area (Å²) in [6, 6.07) is 12.4. The van der Waals surface area contributed by atoms with Crippen molar-refractivity contribution in [3.63, 3.8) is 0 Å². The van der Waals surface area contributed by atoms with Crippen molar-refractivity contribution < 1.29 is 32.5 Å². The zero-order valence-electron chi connectivity index (χ0n) is 19.4. The van der Waals surface area contributed by atoms with Gasteiger partial charge in [-0.15, -0.1) is 0 Å². The average molecular weight is 491 g/mol. The van der Waals surface area contributed by atoms with Crippen molar-refractivity contribution in [2.75, 3.05) is 33.5 Å². The van der Waals surface area contributed by atoms with Crippen LogP contribution in [-0.2, 0) is 14.8 Å². The maximum Gasteiger partial charge on any atom is 0.309 e. The second-order valence-electron chi connectivity index (χ2n) is 8.78. The van der Waals surface area contributed by atoms with Crippen molar-refractivity contribution >= 4 is 16.0 Å². The van der Waals surface area contributed by atoms with Crippen molar-refractivity contribution in [3.8, 4) is 17.2 Å². The van der Waals surface area contributed by atoms with Crippen LogP contribution >= 0.6 is 0 Å². The Balaban J connectivity index is 1.66. The molecule has 0 spiro atoms. The second kappa shape index (κ2) is 9.81. The first-order valence-corrected chi connectivity index (χ1v) is 12.7. The Morgan fingerprint density at radius 2 is 1.82 bits per heavy atom. The van der Waals surface area contributed by atoms with Gasteiger partial charge < -0.3 is 19.3 Å². The molecular weight excluding hydrogens is 460 g/mol. The number of ether oxygens (including phenoxy) is 3. The molecule has 0 saturated carbocycles. The van der Waals surface area contributed by atoms with Crippen LogP contribution in [0.1, 0.15) is 36.9 Å². The number of hydrogen-bond acceptors (Lipinski definition) is 7. The molecule has 0 unspecified atom stereocenters. The Morgan fingerprint density at radius 3 is 2.47 bits per heavy atom. The first-order valence-electron chi connectivity index (χ1n) is 11.2. The molecule has 4 rings (SSSR count). The highest BCUT2D eigenvalue weighted by Crippen LogP contribution is 2.47. The van der Waals surface area contributed by atoms with Crippen LogP contribution in [0.5, 0.6) is 17.2 Å². The normalized spacial score (nSPS) is 22.3. The predicted molar refractivity (Wildman–Crippen MR) is 126 cm³/mol. The highest BCUT2D eigenvalue weighted by atomic mass is 32.2. The zero-order chi connectivity index (χ0) is 24.5. The Bertz CT molecular complexity index is 1130. The Hall–Kier alpha value is -2.82. The summed E-state index contributed by atoms with van der Waals surface area (Å²) in [5.41, 5.74) is 1.68. The van der Waals surface area contributed by atoms with Gasteiger partial charge in [-0.3, -0.25) is 9.69 Å². The summed E-state index contributed by atoms with van der Waals surface area (Å²) in [4.78, 5) is 14.6. The van der Waals surface area contributed by atoms with E-state index in [2.05, 4.69) is 4.72 Å². The van der Waals surface area contributed by atoms with Gasteiger partial charge in [0.25, 0.3) is 0 Å². The lowest BCUT2D eigenvalue weighted by Gasteiger charge is -2.27. The minimum Gasteiger partial charge on any atom is -0.497 e. The lowest BCUT2D eigenvalue weighted by atomic mass is 9.82. The summed E-state index contributed by atoms with van der Waals surface area (Å²) in [5.74, 6) is -0.0479. The van der Waals surface area contributed by atoms with Crippen LogP contribution in [0, 0.1) is 5.92 Å². The van der Waals surface area contributed by atoms with E-state index in [0.29, 0.717) is 30.3 Å². The van der Waals surface area contributed by atoms with Crippen molar-refractivity contribution in [1.29, 1.82) is 0 Å². The third-order valence-corrected chi connectivity index (χ3v) is 8.34. The number of nitrogens with one attached hydrogen (secondary N) is 1. The van der Waals surface area contributed by atoms with Crippen molar-refractivity contribution in [1.82, 2.24) is 9.62 Å². The number of sulfonamides is 1.